The summed E-state index contributed by atoms with van der Waals surface area (Å²) < 4.78 is 0. The van der Waals surface area contributed by atoms with E-state index in [0.29, 0.717) is 5.75 Å². The number of carboxylic acids is 1. The molecule has 0 fully saturated rings. The van der Waals surface area contributed by atoms with Crippen molar-refractivity contribution < 1.29 is 9.90 Å². The summed E-state index contributed by atoms with van der Waals surface area (Å²) >= 11 is 0. The van der Waals surface area contributed by atoms with E-state index in [2.05, 4.69) is 0 Å². The molecule has 0 atom stereocenters. The Morgan fingerprint density at radius 1 is 1.75 bits per heavy atom. The van der Waals surface area contributed by atoms with Gasteiger partial charge in [0.2, 0.25) is 0 Å². The quantitative estimate of drug-likeness (QED) is 0.489. The molecule has 48 valence electrons. The van der Waals surface area contributed by atoms with Gasteiger partial charge in [-0.15, -0.1) is 0 Å². The number of hydrogen-bond acceptors (Lipinski definition) is 3. The van der Waals surface area contributed by atoms with Crippen molar-refractivity contribution in [3.05, 3.63) is 0 Å². The zero-order chi connectivity index (χ0) is 6.41. The summed E-state index contributed by atoms with van der Waals surface area (Å²) in [5.74, 6) is -0.0113. The lowest BCUT2D eigenvalue weighted by atomic mass is 10.5. The van der Waals surface area contributed by atoms with Crippen molar-refractivity contribution in [2.24, 2.45) is 0 Å². The highest BCUT2D eigenvalue weighted by molar-refractivity contribution is 8.76. The van der Waals surface area contributed by atoms with Gasteiger partial charge in [-0.1, -0.05) is 21.6 Å². The fourth-order valence-corrected chi connectivity index (χ4v) is 1.39. The Morgan fingerprint density at radius 2 is 2.38 bits per heavy atom. The molecule has 0 amide bonds. The van der Waals surface area contributed by atoms with Crippen LogP contribution in [0.2, 0.25) is 0 Å². The van der Waals surface area contributed by atoms with Crippen molar-refractivity contribution in [1.82, 2.24) is 0 Å². The fraction of sp³-hybridized carbons (Fsp3) is 0.750. The van der Waals surface area contributed by atoms with Crippen LogP contribution < -0.4 is 0 Å². The molecule has 0 aliphatic rings. The maximum Gasteiger partial charge on any atom is 0.304 e. The molecule has 0 saturated carbocycles. The normalized spacial score (nSPS) is 9.12. The molecule has 0 radical (unpaired) electrons. The first-order valence-corrected chi connectivity index (χ1v) is 4.87. The molecule has 0 aliphatic carbocycles. The van der Waals surface area contributed by atoms with Gasteiger partial charge in [0.25, 0.3) is 0 Å². The maximum atomic E-state index is 9.85. The fourth-order valence-electron chi connectivity index (χ4n) is 0.212. The van der Waals surface area contributed by atoms with Gasteiger partial charge in [-0.25, -0.2) is 0 Å². The van der Waals surface area contributed by atoms with Gasteiger partial charge in [0.05, 0.1) is 6.42 Å². The van der Waals surface area contributed by atoms with Crippen LogP contribution in [0.4, 0.5) is 0 Å². The van der Waals surface area contributed by atoms with Gasteiger partial charge >= 0.3 is 5.97 Å². The van der Waals surface area contributed by atoms with Crippen LogP contribution >= 0.6 is 21.6 Å². The average Bonchev–Trinajstić information content (AvgIpc) is 1.66. The molecule has 4 heteroatoms. The highest BCUT2D eigenvalue weighted by Gasteiger charge is 1.93. The molecular formula is C4H8O2S2. The van der Waals surface area contributed by atoms with Crippen molar-refractivity contribution in [1.29, 1.82) is 0 Å². The Morgan fingerprint density at radius 3 is 2.75 bits per heavy atom. The van der Waals surface area contributed by atoms with Crippen LogP contribution in [0.5, 0.6) is 0 Å². The largest absolute Gasteiger partial charge is 0.481 e. The smallest absolute Gasteiger partial charge is 0.304 e. The number of rotatable bonds is 4. The number of hydrogen-bond donors (Lipinski definition) is 1. The van der Waals surface area contributed by atoms with E-state index < -0.39 is 5.97 Å². The zero-order valence-corrected chi connectivity index (χ0v) is 6.22. The van der Waals surface area contributed by atoms with E-state index in [1.54, 1.807) is 21.6 Å². The van der Waals surface area contributed by atoms with Crippen molar-refractivity contribution in [2.45, 2.75) is 6.42 Å². The summed E-state index contributed by atoms with van der Waals surface area (Å²) in [7, 11) is 3.17. The lowest BCUT2D eigenvalue weighted by Crippen LogP contribution is -1.94. The zero-order valence-electron chi connectivity index (χ0n) is 4.59. The molecule has 0 rings (SSSR count). The van der Waals surface area contributed by atoms with Crippen LogP contribution in [0, 0.1) is 0 Å². The molecule has 0 unspecified atom stereocenters. The lowest BCUT2D eigenvalue weighted by Gasteiger charge is -1.89. The summed E-state index contributed by atoms with van der Waals surface area (Å²) in [6.45, 7) is 0. The first kappa shape index (κ1) is 8.17. The molecule has 0 aromatic heterocycles. The van der Waals surface area contributed by atoms with Gasteiger partial charge in [-0.2, -0.15) is 0 Å². The second-order valence-electron chi connectivity index (χ2n) is 1.13. The van der Waals surface area contributed by atoms with Crippen LogP contribution in [-0.4, -0.2) is 23.1 Å². The second kappa shape index (κ2) is 5.31. The van der Waals surface area contributed by atoms with E-state index in [-0.39, 0.29) is 6.42 Å². The van der Waals surface area contributed by atoms with E-state index in [1.165, 1.54) is 0 Å². The summed E-state index contributed by atoms with van der Waals surface area (Å²) in [5.41, 5.74) is 0. The minimum absolute atomic E-state index is 0.269. The maximum absolute atomic E-state index is 9.85. The van der Waals surface area contributed by atoms with Crippen LogP contribution in [0.15, 0.2) is 0 Å². The van der Waals surface area contributed by atoms with Crippen molar-refractivity contribution in [3.63, 3.8) is 0 Å². The van der Waals surface area contributed by atoms with E-state index in [1.807, 2.05) is 6.26 Å². The van der Waals surface area contributed by atoms with Gasteiger partial charge in [0.15, 0.2) is 0 Å². The number of aliphatic carboxylic acids is 1. The lowest BCUT2D eigenvalue weighted by molar-refractivity contribution is -0.136. The molecule has 0 aromatic rings. The van der Waals surface area contributed by atoms with Crippen LogP contribution in [0.25, 0.3) is 0 Å². The van der Waals surface area contributed by atoms with E-state index in [9.17, 15) is 4.79 Å². The molecule has 8 heavy (non-hydrogen) atoms. The minimum Gasteiger partial charge on any atom is -0.481 e. The highest BCUT2D eigenvalue weighted by Crippen LogP contribution is 2.16. The van der Waals surface area contributed by atoms with Crippen molar-refractivity contribution in [2.75, 3.05) is 12.0 Å². The molecule has 2 nitrogen and oxygen atoms in total. The summed E-state index contributed by atoms with van der Waals surface area (Å²) in [4.78, 5) is 9.85. The van der Waals surface area contributed by atoms with E-state index in [0.717, 1.165) is 0 Å². The van der Waals surface area contributed by atoms with Crippen LogP contribution in [0.3, 0.4) is 0 Å². The van der Waals surface area contributed by atoms with Gasteiger partial charge < -0.3 is 5.11 Å². The molecular weight excluding hydrogens is 144 g/mol. The monoisotopic (exact) mass is 152 g/mol. The Kier molecular flexibility index (Phi) is 5.42. The van der Waals surface area contributed by atoms with Gasteiger partial charge in [0.1, 0.15) is 0 Å². The van der Waals surface area contributed by atoms with Crippen LogP contribution in [-0.2, 0) is 4.79 Å². The van der Waals surface area contributed by atoms with E-state index >= 15 is 0 Å². The molecule has 0 aliphatic heterocycles. The van der Waals surface area contributed by atoms with Crippen LogP contribution in [0.1, 0.15) is 6.42 Å². The Labute approximate surface area is 56.4 Å². The predicted molar refractivity (Wildman–Crippen MR) is 38.2 cm³/mol. The molecule has 0 heterocycles. The Bertz CT molecular complexity index is 74.4. The molecule has 0 spiro atoms. The molecule has 1 N–H and O–H groups in total. The number of carboxylic acid groups (broad SMARTS) is 1. The third-order valence-corrected chi connectivity index (χ3v) is 2.33. The third kappa shape index (κ3) is 6.17. The average molecular weight is 152 g/mol. The Balaban J connectivity index is 2.82. The Hall–Kier alpha value is 0.170. The first-order chi connectivity index (χ1) is 3.77. The first-order valence-electron chi connectivity index (χ1n) is 2.14. The number of carbonyl (C=O) groups is 1. The van der Waals surface area contributed by atoms with Crippen molar-refractivity contribution in [3.8, 4) is 0 Å². The summed E-state index contributed by atoms with van der Waals surface area (Å²) in [6.07, 6.45) is 2.21. The van der Waals surface area contributed by atoms with E-state index in [4.69, 9.17) is 5.11 Å². The minimum atomic E-state index is -0.716. The van der Waals surface area contributed by atoms with Crippen molar-refractivity contribution >= 4 is 27.6 Å². The third-order valence-electron chi connectivity index (χ3n) is 0.517. The van der Waals surface area contributed by atoms with Gasteiger partial charge in [-0.05, 0) is 6.26 Å². The summed E-state index contributed by atoms with van der Waals surface area (Å²) in [6, 6.07) is 0. The molecule has 0 aromatic carbocycles. The van der Waals surface area contributed by atoms with Gasteiger partial charge in [0, 0.05) is 5.75 Å². The second-order valence-corrected chi connectivity index (χ2v) is 3.82. The topological polar surface area (TPSA) is 37.3 Å². The standard InChI is InChI=1S/C4H8O2S2/c1-7-8-3-2-4(5)6/h2-3H2,1H3,(H,5,6). The SMILES string of the molecule is CSSCCC(=O)O. The van der Waals surface area contributed by atoms with Gasteiger partial charge in [-0.3, -0.25) is 4.79 Å². The highest BCUT2D eigenvalue weighted by atomic mass is 33.1. The summed E-state index contributed by atoms with van der Waals surface area (Å²) in [5, 5.41) is 8.12. The molecule has 0 saturated heterocycles. The molecule has 0 bridgehead atoms. The predicted octanol–water partition coefficient (Wildman–Crippen LogP) is 1.47.